The van der Waals surface area contributed by atoms with Gasteiger partial charge in [0.25, 0.3) is 0 Å². The van der Waals surface area contributed by atoms with Crippen molar-refractivity contribution in [3.8, 4) is 23.0 Å². The van der Waals surface area contributed by atoms with E-state index in [-0.39, 0.29) is 5.60 Å². The summed E-state index contributed by atoms with van der Waals surface area (Å²) in [4.78, 5) is 21.7. The number of fused-ring (bicyclic) bond motifs is 1. The summed E-state index contributed by atoms with van der Waals surface area (Å²) in [5.41, 5.74) is 1.93. The molecule has 1 fully saturated rings. The Labute approximate surface area is 207 Å². The summed E-state index contributed by atoms with van der Waals surface area (Å²) in [6.45, 7) is 6.06. The third kappa shape index (κ3) is 4.87. The molecule has 8 nitrogen and oxygen atoms in total. The quantitative estimate of drug-likeness (QED) is 0.327. The third-order valence-corrected chi connectivity index (χ3v) is 6.96. The smallest absolute Gasteiger partial charge is 0.245 e. The van der Waals surface area contributed by atoms with Crippen molar-refractivity contribution >= 4 is 34.1 Å². The fourth-order valence-corrected chi connectivity index (χ4v) is 4.61. The molecule has 0 saturated heterocycles. The minimum absolute atomic E-state index is 0.180. The largest absolute Gasteiger partial charge is 0.492 e. The number of ether oxygens (including phenoxy) is 2. The van der Waals surface area contributed by atoms with E-state index in [9.17, 15) is 0 Å². The predicted octanol–water partition coefficient (Wildman–Crippen LogP) is 4.83. The maximum absolute atomic E-state index is 6.74. The van der Waals surface area contributed by atoms with Gasteiger partial charge in [-0.15, -0.1) is 11.3 Å². The molecular formula is C24H27ClN6O2S. The van der Waals surface area contributed by atoms with Gasteiger partial charge in [-0.3, -0.25) is 0 Å². The Morgan fingerprint density at radius 3 is 2.71 bits per heavy atom. The number of aryl methyl sites for hydroxylation is 1. The molecule has 178 valence electrons. The lowest BCUT2D eigenvalue weighted by Gasteiger charge is -2.13. The summed E-state index contributed by atoms with van der Waals surface area (Å²) in [7, 11) is 4.02. The van der Waals surface area contributed by atoms with Crippen LogP contribution < -0.4 is 9.47 Å². The molecule has 0 unspecified atom stereocenters. The second kappa shape index (κ2) is 9.13. The van der Waals surface area contributed by atoms with Crippen molar-refractivity contribution in [1.82, 2.24) is 29.4 Å². The van der Waals surface area contributed by atoms with Crippen molar-refractivity contribution in [3.05, 3.63) is 45.6 Å². The summed E-state index contributed by atoms with van der Waals surface area (Å²) < 4.78 is 14.1. The van der Waals surface area contributed by atoms with Gasteiger partial charge in [-0.2, -0.15) is 4.98 Å². The molecule has 1 aliphatic carbocycles. The molecule has 0 radical (unpaired) electrons. The van der Waals surface area contributed by atoms with Gasteiger partial charge < -0.3 is 18.9 Å². The molecule has 10 heteroatoms. The van der Waals surface area contributed by atoms with Crippen LogP contribution in [0, 0.1) is 6.92 Å². The van der Waals surface area contributed by atoms with Crippen molar-refractivity contribution in [3.63, 3.8) is 0 Å². The molecule has 0 N–H and O–H groups in total. The van der Waals surface area contributed by atoms with E-state index in [1.54, 1.807) is 11.3 Å². The normalized spacial score (nSPS) is 14.6. The van der Waals surface area contributed by atoms with E-state index in [0.717, 1.165) is 40.6 Å². The number of nitrogens with zero attached hydrogens (tertiary/aromatic N) is 6. The first-order chi connectivity index (χ1) is 16.3. The maximum atomic E-state index is 6.74. The van der Waals surface area contributed by atoms with Gasteiger partial charge in [-0.05, 0) is 59.0 Å². The lowest BCUT2D eigenvalue weighted by atomic mass is 10.2. The van der Waals surface area contributed by atoms with Gasteiger partial charge in [0, 0.05) is 23.2 Å². The maximum Gasteiger partial charge on any atom is 0.245 e. The number of thiazole rings is 1. The van der Waals surface area contributed by atoms with Gasteiger partial charge in [0.15, 0.2) is 11.2 Å². The lowest BCUT2D eigenvalue weighted by Crippen LogP contribution is -2.19. The number of halogens is 1. The molecule has 0 atom stereocenters. The molecule has 3 aromatic heterocycles. The molecule has 3 heterocycles. The highest BCUT2D eigenvalue weighted by atomic mass is 35.5. The van der Waals surface area contributed by atoms with Crippen LogP contribution in [0.5, 0.6) is 11.6 Å². The average Bonchev–Trinajstić information content (AvgIpc) is 3.19. The van der Waals surface area contributed by atoms with E-state index in [1.807, 2.05) is 50.0 Å². The minimum atomic E-state index is -0.180. The Morgan fingerprint density at radius 1 is 1.21 bits per heavy atom. The summed E-state index contributed by atoms with van der Waals surface area (Å²) in [6, 6.07) is 5.69. The summed E-state index contributed by atoms with van der Waals surface area (Å²) in [5.74, 6) is 1.92. The Hall–Kier alpha value is -2.75. The molecule has 0 spiro atoms. The third-order valence-electron chi connectivity index (χ3n) is 5.75. The van der Waals surface area contributed by atoms with Crippen LogP contribution in [0.4, 0.5) is 0 Å². The van der Waals surface area contributed by atoms with Gasteiger partial charge in [-0.1, -0.05) is 11.6 Å². The fraction of sp³-hybridized carbons (Fsp3) is 0.417. The molecule has 0 aliphatic heterocycles. The highest BCUT2D eigenvalue weighted by Crippen LogP contribution is 2.41. The molecule has 4 aromatic rings. The van der Waals surface area contributed by atoms with Gasteiger partial charge in [0.05, 0.1) is 11.6 Å². The van der Waals surface area contributed by atoms with Crippen molar-refractivity contribution in [2.24, 2.45) is 0 Å². The Bertz CT molecular complexity index is 1330. The van der Waals surface area contributed by atoms with E-state index >= 15 is 0 Å². The second-order valence-corrected chi connectivity index (χ2v) is 10.8. The second-order valence-electron chi connectivity index (χ2n) is 9.08. The van der Waals surface area contributed by atoms with Crippen molar-refractivity contribution < 1.29 is 9.47 Å². The number of benzene rings is 1. The Morgan fingerprint density at radius 2 is 2.03 bits per heavy atom. The lowest BCUT2D eigenvalue weighted by molar-refractivity contribution is 0.194. The van der Waals surface area contributed by atoms with Crippen LogP contribution in [-0.4, -0.2) is 62.3 Å². The highest BCUT2D eigenvalue weighted by Gasteiger charge is 2.41. The first-order valence-corrected chi connectivity index (χ1v) is 12.4. The van der Waals surface area contributed by atoms with Gasteiger partial charge >= 0.3 is 0 Å². The summed E-state index contributed by atoms with van der Waals surface area (Å²) in [6.07, 6.45) is 5.42. The number of imidazole rings is 1. The predicted molar refractivity (Wildman–Crippen MR) is 134 cm³/mol. The number of aromatic nitrogens is 5. The first kappa shape index (κ1) is 23.0. The molecule has 5 rings (SSSR count). The Kier molecular flexibility index (Phi) is 6.18. The van der Waals surface area contributed by atoms with E-state index < -0.39 is 0 Å². The number of rotatable bonds is 9. The van der Waals surface area contributed by atoms with Gasteiger partial charge in [0.2, 0.25) is 5.88 Å². The fourth-order valence-electron chi connectivity index (χ4n) is 3.58. The summed E-state index contributed by atoms with van der Waals surface area (Å²) in [5, 5.41) is 1.52. The van der Waals surface area contributed by atoms with E-state index in [4.69, 9.17) is 26.1 Å². The molecule has 1 aliphatic rings. The zero-order chi connectivity index (χ0) is 23.9. The number of hydrogen-bond donors (Lipinski definition) is 0. The SMILES string of the molecule is Cc1cnc(Cn2c(-c3ccc(OCCN(C)C)cc3Cl)nc3c(OC4(C)CC4)ncnc32)s1. The topological polar surface area (TPSA) is 78.2 Å². The van der Waals surface area contributed by atoms with E-state index in [2.05, 4.69) is 26.8 Å². The molecule has 34 heavy (non-hydrogen) atoms. The molecule has 1 saturated carbocycles. The number of likely N-dealkylation sites (N-methyl/N-ethyl adjacent to an activating group) is 1. The molecule has 1 aromatic carbocycles. The highest BCUT2D eigenvalue weighted by molar-refractivity contribution is 7.11. The van der Waals surface area contributed by atoms with Gasteiger partial charge in [0.1, 0.15) is 35.1 Å². The van der Waals surface area contributed by atoms with Crippen molar-refractivity contribution in [1.29, 1.82) is 0 Å². The molecule has 0 bridgehead atoms. The number of hydrogen-bond acceptors (Lipinski definition) is 8. The van der Waals surface area contributed by atoms with Crippen LogP contribution in [0.3, 0.4) is 0 Å². The standard InChI is InChI=1S/C24H27ClN6O2S/c1-15-12-26-19(34-15)13-31-21(17-6-5-16(11-18(17)25)32-10-9-30(3)4)29-20-22(31)27-14-28-23(20)33-24(2)7-8-24/h5-6,11-12,14H,7-10,13H2,1-4H3. The van der Waals surface area contributed by atoms with E-state index in [1.165, 1.54) is 6.33 Å². The zero-order valence-corrected chi connectivity index (χ0v) is 21.3. The van der Waals surface area contributed by atoms with Crippen LogP contribution in [0.1, 0.15) is 29.7 Å². The monoisotopic (exact) mass is 498 g/mol. The van der Waals surface area contributed by atoms with Crippen molar-refractivity contribution in [2.75, 3.05) is 27.2 Å². The van der Waals surface area contributed by atoms with Crippen LogP contribution in [0.2, 0.25) is 5.02 Å². The van der Waals surface area contributed by atoms with Crippen molar-refractivity contribution in [2.45, 2.75) is 38.8 Å². The van der Waals surface area contributed by atoms with Gasteiger partial charge in [-0.25, -0.2) is 15.0 Å². The Balaban J connectivity index is 1.56. The summed E-state index contributed by atoms with van der Waals surface area (Å²) >= 11 is 8.39. The average molecular weight is 499 g/mol. The zero-order valence-electron chi connectivity index (χ0n) is 19.7. The first-order valence-electron chi connectivity index (χ1n) is 11.2. The van der Waals surface area contributed by atoms with E-state index in [0.29, 0.717) is 41.0 Å². The van der Waals surface area contributed by atoms with Crippen LogP contribution in [-0.2, 0) is 6.54 Å². The van der Waals surface area contributed by atoms with Crippen LogP contribution in [0.15, 0.2) is 30.7 Å². The molecule has 0 amide bonds. The van der Waals surface area contributed by atoms with Crippen LogP contribution >= 0.6 is 22.9 Å². The molecular weight excluding hydrogens is 472 g/mol. The minimum Gasteiger partial charge on any atom is -0.492 e. The van der Waals surface area contributed by atoms with Crippen LogP contribution in [0.25, 0.3) is 22.6 Å².